The Bertz CT molecular complexity index is 970. The summed E-state index contributed by atoms with van der Waals surface area (Å²) in [7, 11) is -3.63. The number of hydrogen-bond donors (Lipinski definition) is 2. The van der Waals surface area contributed by atoms with Crippen LogP contribution in [0.4, 0.5) is 11.4 Å². The van der Waals surface area contributed by atoms with E-state index in [1.54, 1.807) is 23.1 Å². The lowest BCUT2D eigenvalue weighted by Gasteiger charge is -2.30. The Hall–Kier alpha value is -2.38. The lowest BCUT2D eigenvalue weighted by atomic mass is 9.99. The molecule has 6 nitrogen and oxygen atoms in total. The molecule has 144 valence electrons. The van der Waals surface area contributed by atoms with Crippen molar-refractivity contribution in [3.63, 3.8) is 0 Å². The van der Waals surface area contributed by atoms with Crippen LogP contribution in [0, 0.1) is 13.8 Å². The van der Waals surface area contributed by atoms with Crippen LogP contribution >= 0.6 is 0 Å². The van der Waals surface area contributed by atoms with E-state index < -0.39 is 10.0 Å². The lowest BCUT2D eigenvalue weighted by molar-refractivity contribution is -0.118. The highest BCUT2D eigenvalue weighted by Gasteiger charge is 2.24. The van der Waals surface area contributed by atoms with Crippen molar-refractivity contribution in [1.82, 2.24) is 4.72 Å². The van der Waals surface area contributed by atoms with E-state index in [1.165, 1.54) is 0 Å². The van der Waals surface area contributed by atoms with Gasteiger partial charge in [0.25, 0.3) is 0 Å². The summed E-state index contributed by atoms with van der Waals surface area (Å²) >= 11 is 0. The molecule has 0 saturated carbocycles. The Kier molecular flexibility index (Phi) is 5.53. The van der Waals surface area contributed by atoms with Gasteiger partial charge in [0.1, 0.15) is 0 Å². The summed E-state index contributed by atoms with van der Waals surface area (Å²) in [6, 6.07) is 10.6. The number of benzene rings is 2. The Labute approximate surface area is 160 Å². The van der Waals surface area contributed by atoms with Crippen molar-refractivity contribution in [2.45, 2.75) is 38.0 Å². The fourth-order valence-electron chi connectivity index (χ4n) is 3.30. The Morgan fingerprint density at radius 2 is 1.96 bits per heavy atom. The smallest absolute Gasteiger partial charge is 0.240 e. The third-order valence-electron chi connectivity index (χ3n) is 5.01. The van der Waals surface area contributed by atoms with Crippen LogP contribution in [0.2, 0.25) is 0 Å². The molecule has 0 saturated heterocycles. The van der Waals surface area contributed by atoms with E-state index in [4.69, 9.17) is 5.73 Å². The zero-order valence-electron chi connectivity index (χ0n) is 15.7. The average molecular weight is 388 g/mol. The lowest BCUT2D eigenvalue weighted by Crippen LogP contribution is -2.38. The normalized spacial score (nSPS) is 14.1. The molecule has 0 atom stereocenters. The predicted molar refractivity (Wildman–Crippen MR) is 107 cm³/mol. The van der Waals surface area contributed by atoms with Crippen molar-refractivity contribution in [1.29, 1.82) is 0 Å². The van der Waals surface area contributed by atoms with Crippen molar-refractivity contribution >= 4 is 27.3 Å². The number of fused-ring (bicyclic) bond motifs is 1. The average Bonchev–Trinajstić information content (AvgIpc) is 2.63. The molecule has 7 heteroatoms. The summed E-state index contributed by atoms with van der Waals surface area (Å²) in [5.41, 5.74) is 10.5. The van der Waals surface area contributed by atoms with Gasteiger partial charge in [-0.05, 0) is 67.6 Å². The molecule has 0 spiro atoms. The third-order valence-corrected chi connectivity index (χ3v) is 6.47. The standard InChI is InChI=1S/C20H25N3O3S/c1-14-8-9-16(13-15(14)2)27(25,26)22-11-10-20(24)23-12-4-5-17-18(21)6-3-7-19(17)23/h3,6-9,13,22H,4-5,10-12,21H2,1-2H3. The van der Waals surface area contributed by atoms with E-state index in [1.807, 2.05) is 32.0 Å². The minimum atomic E-state index is -3.63. The van der Waals surface area contributed by atoms with Gasteiger partial charge >= 0.3 is 0 Å². The van der Waals surface area contributed by atoms with Crippen molar-refractivity contribution in [2.75, 3.05) is 23.7 Å². The fraction of sp³-hybridized carbons (Fsp3) is 0.350. The zero-order valence-corrected chi connectivity index (χ0v) is 16.5. The van der Waals surface area contributed by atoms with E-state index in [9.17, 15) is 13.2 Å². The predicted octanol–water partition coefficient (Wildman–Crippen LogP) is 2.53. The maximum atomic E-state index is 12.6. The maximum absolute atomic E-state index is 12.6. The van der Waals surface area contributed by atoms with Crippen molar-refractivity contribution in [3.8, 4) is 0 Å². The molecule has 27 heavy (non-hydrogen) atoms. The largest absolute Gasteiger partial charge is 0.398 e. The Morgan fingerprint density at radius 1 is 1.19 bits per heavy atom. The number of nitrogens with one attached hydrogen (secondary N) is 1. The summed E-state index contributed by atoms with van der Waals surface area (Å²) in [6.45, 7) is 4.49. The van der Waals surface area contributed by atoms with Gasteiger partial charge in [0.05, 0.1) is 4.90 Å². The molecule has 1 heterocycles. The Balaban J connectivity index is 1.65. The minimum absolute atomic E-state index is 0.0578. The number of anilines is 2. The molecular weight excluding hydrogens is 362 g/mol. The highest BCUT2D eigenvalue weighted by Crippen LogP contribution is 2.31. The topological polar surface area (TPSA) is 92.5 Å². The number of aryl methyl sites for hydroxylation is 2. The molecule has 3 rings (SSSR count). The summed E-state index contributed by atoms with van der Waals surface area (Å²) in [6.07, 6.45) is 1.80. The van der Waals surface area contributed by atoms with Gasteiger partial charge in [-0.25, -0.2) is 13.1 Å². The molecule has 0 radical (unpaired) electrons. The van der Waals surface area contributed by atoms with Crippen LogP contribution in [0.15, 0.2) is 41.3 Å². The summed E-state index contributed by atoms with van der Waals surface area (Å²) in [5, 5.41) is 0. The first kappa shape index (κ1) is 19.4. The van der Waals surface area contributed by atoms with Crippen molar-refractivity contribution in [3.05, 3.63) is 53.1 Å². The first-order valence-corrected chi connectivity index (χ1v) is 10.5. The molecule has 0 bridgehead atoms. The van der Waals surface area contributed by atoms with Crippen LogP contribution in [0.25, 0.3) is 0 Å². The van der Waals surface area contributed by atoms with Gasteiger partial charge in [0, 0.05) is 30.9 Å². The van der Waals surface area contributed by atoms with Gasteiger partial charge in [-0.2, -0.15) is 0 Å². The van der Waals surface area contributed by atoms with Crippen molar-refractivity contribution < 1.29 is 13.2 Å². The molecule has 0 unspecified atom stereocenters. The number of nitrogens with two attached hydrogens (primary N) is 1. The van der Waals surface area contributed by atoms with Crippen LogP contribution in [-0.4, -0.2) is 27.4 Å². The number of sulfonamides is 1. The van der Waals surface area contributed by atoms with Crippen molar-refractivity contribution in [2.24, 2.45) is 0 Å². The number of nitrogens with zero attached hydrogens (tertiary/aromatic N) is 1. The monoisotopic (exact) mass is 387 g/mol. The molecule has 1 aliphatic heterocycles. The molecule has 0 aromatic heterocycles. The van der Waals surface area contributed by atoms with Crippen LogP contribution in [0.1, 0.15) is 29.5 Å². The van der Waals surface area contributed by atoms with E-state index >= 15 is 0 Å². The van der Waals surface area contributed by atoms with Crippen LogP contribution in [-0.2, 0) is 21.2 Å². The maximum Gasteiger partial charge on any atom is 0.240 e. The van der Waals surface area contributed by atoms with Crippen LogP contribution in [0.5, 0.6) is 0 Å². The number of nitrogen functional groups attached to an aromatic ring is 1. The number of rotatable bonds is 5. The molecule has 3 N–H and O–H groups in total. The number of hydrogen-bond acceptors (Lipinski definition) is 4. The van der Waals surface area contributed by atoms with E-state index in [0.29, 0.717) is 12.2 Å². The van der Waals surface area contributed by atoms with Crippen LogP contribution in [0.3, 0.4) is 0 Å². The van der Waals surface area contributed by atoms with Gasteiger partial charge in [-0.1, -0.05) is 12.1 Å². The van der Waals surface area contributed by atoms with Gasteiger partial charge in [-0.15, -0.1) is 0 Å². The summed E-state index contributed by atoms with van der Waals surface area (Å²) < 4.78 is 27.4. The highest BCUT2D eigenvalue weighted by molar-refractivity contribution is 7.89. The number of amides is 1. The summed E-state index contributed by atoms with van der Waals surface area (Å²) in [4.78, 5) is 14.6. The highest BCUT2D eigenvalue weighted by atomic mass is 32.2. The van der Waals surface area contributed by atoms with Gasteiger partial charge in [0.15, 0.2) is 0 Å². The molecule has 1 amide bonds. The second kappa shape index (κ2) is 7.70. The molecule has 2 aromatic carbocycles. The van der Waals surface area contributed by atoms with E-state index in [-0.39, 0.29) is 23.8 Å². The zero-order chi connectivity index (χ0) is 19.6. The number of carbonyl (C=O) groups is 1. The van der Waals surface area contributed by atoms with Gasteiger partial charge < -0.3 is 10.6 Å². The number of carbonyl (C=O) groups excluding carboxylic acids is 1. The quantitative estimate of drug-likeness (QED) is 0.771. The molecule has 1 aliphatic rings. The van der Waals surface area contributed by atoms with E-state index in [0.717, 1.165) is 35.2 Å². The fourth-order valence-corrected chi connectivity index (χ4v) is 4.42. The minimum Gasteiger partial charge on any atom is -0.398 e. The first-order valence-electron chi connectivity index (χ1n) is 9.04. The molecule has 0 fully saturated rings. The third kappa shape index (κ3) is 4.14. The van der Waals surface area contributed by atoms with Gasteiger partial charge in [0.2, 0.25) is 15.9 Å². The second-order valence-corrected chi connectivity index (χ2v) is 8.65. The SMILES string of the molecule is Cc1ccc(S(=O)(=O)NCCC(=O)N2CCCc3c(N)cccc32)cc1C. The first-order chi connectivity index (χ1) is 12.8. The molecule has 0 aliphatic carbocycles. The molecular formula is C20H25N3O3S. The van der Waals surface area contributed by atoms with Crippen LogP contribution < -0.4 is 15.4 Å². The van der Waals surface area contributed by atoms with E-state index in [2.05, 4.69) is 4.72 Å². The second-order valence-electron chi connectivity index (χ2n) is 6.89. The Morgan fingerprint density at radius 3 is 2.70 bits per heavy atom. The summed E-state index contributed by atoms with van der Waals surface area (Å²) in [5.74, 6) is -0.107. The molecule has 2 aromatic rings. The van der Waals surface area contributed by atoms with Gasteiger partial charge in [-0.3, -0.25) is 4.79 Å².